The van der Waals surface area contributed by atoms with E-state index in [0.717, 1.165) is 11.3 Å². The minimum atomic E-state index is 0.0238. The summed E-state index contributed by atoms with van der Waals surface area (Å²) in [6, 6.07) is 7.84. The predicted molar refractivity (Wildman–Crippen MR) is 83.3 cm³/mol. The van der Waals surface area contributed by atoms with Crippen molar-refractivity contribution in [3.8, 4) is 5.75 Å². The van der Waals surface area contributed by atoms with Crippen molar-refractivity contribution in [2.75, 3.05) is 33.4 Å². The number of rotatable bonds is 11. The van der Waals surface area contributed by atoms with Gasteiger partial charge in [0.15, 0.2) is 0 Å². The Morgan fingerprint density at radius 1 is 1.33 bits per heavy atom. The van der Waals surface area contributed by atoms with E-state index in [2.05, 4.69) is 17.2 Å². The predicted octanol–water partition coefficient (Wildman–Crippen LogP) is 1.49. The molecule has 0 unspecified atom stereocenters. The highest BCUT2D eigenvalue weighted by atomic mass is 16.5. The molecule has 5 heteroatoms. The van der Waals surface area contributed by atoms with Crippen molar-refractivity contribution in [2.45, 2.75) is 13.0 Å². The fraction of sp³-hybridized carbons (Fsp3) is 0.438. The van der Waals surface area contributed by atoms with Crippen molar-refractivity contribution < 1.29 is 14.3 Å². The minimum absolute atomic E-state index is 0.0238. The summed E-state index contributed by atoms with van der Waals surface area (Å²) in [5.74, 6) is 0.866. The van der Waals surface area contributed by atoms with E-state index >= 15 is 0 Å². The Morgan fingerprint density at radius 2 is 2.14 bits per heavy atom. The molecule has 0 heterocycles. The van der Waals surface area contributed by atoms with Crippen LogP contribution in [0.15, 0.2) is 36.9 Å². The number of carbonyl (C=O) groups is 1. The van der Waals surface area contributed by atoms with Gasteiger partial charge in [-0.3, -0.25) is 4.79 Å². The highest BCUT2D eigenvalue weighted by molar-refractivity contribution is 5.76. The van der Waals surface area contributed by atoms with E-state index in [1.807, 2.05) is 24.3 Å². The van der Waals surface area contributed by atoms with Crippen LogP contribution in [0.2, 0.25) is 0 Å². The Kier molecular flexibility index (Phi) is 8.91. The van der Waals surface area contributed by atoms with Crippen LogP contribution < -0.4 is 15.4 Å². The van der Waals surface area contributed by atoms with Crippen molar-refractivity contribution in [3.05, 3.63) is 42.5 Å². The maximum absolute atomic E-state index is 11.5. The van der Waals surface area contributed by atoms with Crippen molar-refractivity contribution in [1.82, 2.24) is 10.6 Å². The van der Waals surface area contributed by atoms with E-state index in [0.29, 0.717) is 39.3 Å². The lowest BCUT2D eigenvalue weighted by molar-refractivity contribution is -0.121. The van der Waals surface area contributed by atoms with Crippen molar-refractivity contribution >= 4 is 5.91 Å². The van der Waals surface area contributed by atoms with Gasteiger partial charge in [0.2, 0.25) is 5.91 Å². The average molecular weight is 292 g/mol. The molecule has 1 rings (SSSR count). The highest BCUT2D eigenvalue weighted by Gasteiger charge is 2.03. The molecular formula is C16H24N2O3. The molecule has 5 nitrogen and oxygen atoms in total. The smallest absolute Gasteiger partial charge is 0.221 e. The zero-order valence-electron chi connectivity index (χ0n) is 12.6. The molecule has 1 aromatic carbocycles. The van der Waals surface area contributed by atoms with Crippen LogP contribution in [0.5, 0.6) is 5.75 Å². The lowest BCUT2D eigenvalue weighted by atomic mass is 10.2. The summed E-state index contributed by atoms with van der Waals surface area (Å²) >= 11 is 0. The van der Waals surface area contributed by atoms with Gasteiger partial charge in [0.05, 0.1) is 6.61 Å². The summed E-state index contributed by atoms with van der Waals surface area (Å²) in [6.45, 7) is 6.49. The largest absolute Gasteiger partial charge is 0.489 e. The fourth-order valence-corrected chi connectivity index (χ4v) is 1.75. The average Bonchev–Trinajstić information content (AvgIpc) is 2.50. The molecule has 2 N–H and O–H groups in total. The van der Waals surface area contributed by atoms with Gasteiger partial charge in [-0.05, 0) is 6.07 Å². The number of methoxy groups -OCH3 is 1. The lowest BCUT2D eigenvalue weighted by Gasteiger charge is -2.11. The molecule has 21 heavy (non-hydrogen) atoms. The monoisotopic (exact) mass is 292 g/mol. The van der Waals surface area contributed by atoms with E-state index in [1.54, 1.807) is 13.2 Å². The molecular weight excluding hydrogens is 268 g/mol. The molecule has 0 fully saturated rings. The third kappa shape index (κ3) is 7.48. The number of ether oxygens (including phenoxy) is 2. The van der Waals surface area contributed by atoms with Crippen LogP contribution in [0.3, 0.4) is 0 Å². The van der Waals surface area contributed by atoms with Crippen molar-refractivity contribution in [3.63, 3.8) is 0 Å². The molecule has 0 atom stereocenters. The van der Waals surface area contributed by atoms with Gasteiger partial charge in [-0.15, -0.1) is 0 Å². The molecule has 0 aliphatic rings. The normalized spacial score (nSPS) is 10.1. The van der Waals surface area contributed by atoms with Crippen LogP contribution >= 0.6 is 0 Å². The Bertz CT molecular complexity index is 435. The Morgan fingerprint density at radius 3 is 2.90 bits per heavy atom. The van der Waals surface area contributed by atoms with Crippen LogP contribution in [0.1, 0.15) is 12.0 Å². The first-order valence-electron chi connectivity index (χ1n) is 7.06. The summed E-state index contributed by atoms with van der Waals surface area (Å²) < 4.78 is 10.4. The van der Waals surface area contributed by atoms with Crippen LogP contribution in [-0.2, 0) is 16.1 Å². The maximum Gasteiger partial charge on any atom is 0.221 e. The first-order valence-corrected chi connectivity index (χ1v) is 7.06. The summed E-state index contributed by atoms with van der Waals surface area (Å²) in [4.78, 5) is 11.5. The van der Waals surface area contributed by atoms with Gasteiger partial charge < -0.3 is 20.1 Å². The third-order valence-electron chi connectivity index (χ3n) is 2.80. The Hall–Kier alpha value is -1.85. The first-order chi connectivity index (χ1) is 10.3. The van der Waals surface area contributed by atoms with E-state index in [1.165, 1.54) is 0 Å². The molecule has 0 aromatic heterocycles. The van der Waals surface area contributed by atoms with E-state index in [9.17, 15) is 4.79 Å². The number of amides is 1. The SMILES string of the molecule is C=CCOc1ccccc1CNCCC(=O)NCCOC. The molecule has 0 aliphatic carbocycles. The quantitative estimate of drug-likeness (QED) is 0.479. The zero-order valence-corrected chi connectivity index (χ0v) is 12.6. The zero-order chi connectivity index (χ0) is 15.3. The van der Waals surface area contributed by atoms with Crippen LogP contribution in [-0.4, -0.2) is 39.3 Å². The standard InChI is InChI=1S/C16H24N2O3/c1-3-11-21-15-7-5-4-6-14(15)13-17-9-8-16(19)18-10-12-20-2/h3-7,17H,1,8-13H2,2H3,(H,18,19). The van der Waals surface area contributed by atoms with Gasteiger partial charge in [-0.2, -0.15) is 0 Å². The summed E-state index contributed by atoms with van der Waals surface area (Å²) in [5.41, 5.74) is 1.07. The third-order valence-corrected chi connectivity index (χ3v) is 2.80. The number of hydrogen-bond acceptors (Lipinski definition) is 4. The fourth-order valence-electron chi connectivity index (χ4n) is 1.75. The molecule has 0 saturated heterocycles. The molecule has 116 valence electrons. The topological polar surface area (TPSA) is 59.6 Å². The second kappa shape index (κ2) is 10.9. The van der Waals surface area contributed by atoms with Crippen LogP contribution in [0, 0.1) is 0 Å². The molecule has 0 bridgehead atoms. The van der Waals surface area contributed by atoms with Gasteiger partial charge in [-0.25, -0.2) is 0 Å². The summed E-state index contributed by atoms with van der Waals surface area (Å²) in [5, 5.41) is 6.02. The van der Waals surface area contributed by atoms with E-state index < -0.39 is 0 Å². The van der Waals surface area contributed by atoms with Gasteiger partial charge >= 0.3 is 0 Å². The minimum Gasteiger partial charge on any atom is -0.489 e. The van der Waals surface area contributed by atoms with Gasteiger partial charge in [0.1, 0.15) is 12.4 Å². The molecule has 0 spiro atoms. The van der Waals surface area contributed by atoms with Crippen LogP contribution in [0.4, 0.5) is 0 Å². The van der Waals surface area contributed by atoms with Crippen LogP contribution in [0.25, 0.3) is 0 Å². The van der Waals surface area contributed by atoms with Gasteiger partial charge in [0.25, 0.3) is 0 Å². The van der Waals surface area contributed by atoms with E-state index in [4.69, 9.17) is 9.47 Å². The van der Waals surface area contributed by atoms with Crippen molar-refractivity contribution in [1.29, 1.82) is 0 Å². The highest BCUT2D eigenvalue weighted by Crippen LogP contribution is 2.17. The molecule has 1 amide bonds. The van der Waals surface area contributed by atoms with E-state index in [-0.39, 0.29) is 5.91 Å². The van der Waals surface area contributed by atoms with Gasteiger partial charge in [-0.1, -0.05) is 30.9 Å². The molecule has 0 aliphatic heterocycles. The molecule has 1 aromatic rings. The number of carbonyl (C=O) groups excluding carboxylic acids is 1. The number of para-hydroxylation sites is 1. The number of nitrogens with one attached hydrogen (secondary N) is 2. The Balaban J connectivity index is 2.26. The first kappa shape index (κ1) is 17.2. The Labute approximate surface area is 126 Å². The van der Waals surface area contributed by atoms with Crippen molar-refractivity contribution in [2.24, 2.45) is 0 Å². The maximum atomic E-state index is 11.5. The van der Waals surface area contributed by atoms with Gasteiger partial charge in [0, 0.05) is 38.7 Å². The second-order valence-corrected chi connectivity index (χ2v) is 4.48. The molecule has 0 radical (unpaired) electrons. The molecule has 0 saturated carbocycles. The summed E-state index contributed by atoms with van der Waals surface area (Å²) in [6.07, 6.45) is 2.16. The number of benzene rings is 1. The second-order valence-electron chi connectivity index (χ2n) is 4.48. The number of hydrogen-bond donors (Lipinski definition) is 2. The lowest BCUT2D eigenvalue weighted by Crippen LogP contribution is -2.30. The summed E-state index contributed by atoms with van der Waals surface area (Å²) in [7, 11) is 1.61.